The Morgan fingerprint density at radius 3 is 2.67 bits per heavy atom. The Kier molecular flexibility index (Phi) is 4.62. The molecule has 0 radical (unpaired) electrons. The number of aryl methyl sites for hydroxylation is 1. The summed E-state index contributed by atoms with van der Waals surface area (Å²) in [6.45, 7) is 5.41. The van der Waals surface area contributed by atoms with Crippen molar-refractivity contribution in [1.82, 2.24) is 20.1 Å². The molecule has 0 atom stereocenters. The van der Waals surface area contributed by atoms with Crippen molar-refractivity contribution >= 4 is 0 Å². The third-order valence-electron chi connectivity index (χ3n) is 2.87. The van der Waals surface area contributed by atoms with Crippen LogP contribution in [0.4, 0.5) is 13.2 Å². The van der Waals surface area contributed by atoms with Gasteiger partial charge >= 0.3 is 6.18 Å². The maximum Gasteiger partial charge on any atom is 0.435 e. The number of nitrogens with zero attached hydrogens (tertiary/aromatic N) is 3. The van der Waals surface area contributed by atoms with Crippen LogP contribution < -0.4 is 5.32 Å². The zero-order valence-electron chi connectivity index (χ0n) is 11.9. The molecule has 7 heteroatoms. The summed E-state index contributed by atoms with van der Waals surface area (Å²) in [6, 6.07) is 4.59. The van der Waals surface area contributed by atoms with Crippen molar-refractivity contribution in [2.45, 2.75) is 33.0 Å². The van der Waals surface area contributed by atoms with Crippen molar-refractivity contribution in [3.8, 4) is 5.82 Å². The Labute approximate surface area is 121 Å². The molecule has 2 aromatic heterocycles. The van der Waals surface area contributed by atoms with E-state index in [9.17, 15) is 13.2 Å². The highest BCUT2D eigenvalue weighted by Gasteiger charge is 2.33. The number of pyridine rings is 1. The van der Waals surface area contributed by atoms with Crippen LogP contribution in [0.5, 0.6) is 0 Å². The normalized spacial score (nSPS) is 11.9. The second-order valence-electron chi connectivity index (χ2n) is 4.80. The van der Waals surface area contributed by atoms with E-state index >= 15 is 0 Å². The fraction of sp³-hybridized carbons (Fsp3) is 0.429. The lowest BCUT2D eigenvalue weighted by atomic mass is 10.2. The number of hydrogen-bond donors (Lipinski definition) is 1. The third kappa shape index (κ3) is 4.04. The first kappa shape index (κ1) is 15.5. The molecule has 0 saturated carbocycles. The first-order valence-corrected chi connectivity index (χ1v) is 6.71. The summed E-state index contributed by atoms with van der Waals surface area (Å²) in [4.78, 5) is 4.23. The molecule has 0 aliphatic rings. The van der Waals surface area contributed by atoms with E-state index in [1.54, 1.807) is 13.0 Å². The molecule has 4 nitrogen and oxygen atoms in total. The van der Waals surface area contributed by atoms with Crippen LogP contribution in [0.25, 0.3) is 5.82 Å². The van der Waals surface area contributed by atoms with Gasteiger partial charge in [0.05, 0.1) is 0 Å². The Balaban J connectivity index is 2.25. The molecule has 2 aromatic rings. The van der Waals surface area contributed by atoms with E-state index < -0.39 is 11.9 Å². The molecule has 2 heterocycles. The summed E-state index contributed by atoms with van der Waals surface area (Å²) in [6.07, 6.45) is -2.15. The SMILES string of the molecule is CCCNCc1cc(C)nc(-n2ccc(C(F)(F)F)n2)c1. The van der Waals surface area contributed by atoms with Gasteiger partial charge < -0.3 is 5.32 Å². The molecule has 0 saturated heterocycles. The van der Waals surface area contributed by atoms with E-state index in [0.717, 1.165) is 35.0 Å². The van der Waals surface area contributed by atoms with Crippen molar-refractivity contribution in [2.75, 3.05) is 6.54 Å². The van der Waals surface area contributed by atoms with Crippen LogP contribution in [0.15, 0.2) is 24.4 Å². The number of rotatable bonds is 5. The van der Waals surface area contributed by atoms with E-state index in [1.165, 1.54) is 6.20 Å². The summed E-state index contributed by atoms with van der Waals surface area (Å²) >= 11 is 0. The highest BCUT2D eigenvalue weighted by Crippen LogP contribution is 2.27. The monoisotopic (exact) mass is 298 g/mol. The molecule has 0 aromatic carbocycles. The summed E-state index contributed by atoms with van der Waals surface area (Å²) < 4.78 is 38.9. The average molecular weight is 298 g/mol. The number of aromatic nitrogens is 3. The molecule has 2 rings (SSSR count). The van der Waals surface area contributed by atoms with Crippen molar-refractivity contribution in [2.24, 2.45) is 0 Å². The van der Waals surface area contributed by atoms with Gasteiger partial charge in [-0.05, 0) is 43.7 Å². The maximum atomic E-state index is 12.6. The lowest BCUT2D eigenvalue weighted by Crippen LogP contribution is -2.14. The maximum absolute atomic E-state index is 12.6. The highest BCUT2D eigenvalue weighted by molar-refractivity contribution is 5.30. The van der Waals surface area contributed by atoms with Crippen LogP contribution in [0.2, 0.25) is 0 Å². The quantitative estimate of drug-likeness (QED) is 0.863. The van der Waals surface area contributed by atoms with Crippen LogP contribution in [0.1, 0.15) is 30.3 Å². The van der Waals surface area contributed by atoms with Gasteiger partial charge in [0.25, 0.3) is 0 Å². The fourth-order valence-corrected chi connectivity index (χ4v) is 1.95. The molecule has 0 aliphatic carbocycles. The van der Waals surface area contributed by atoms with Crippen LogP contribution in [-0.4, -0.2) is 21.3 Å². The number of nitrogens with one attached hydrogen (secondary N) is 1. The van der Waals surface area contributed by atoms with E-state index in [1.807, 2.05) is 6.07 Å². The summed E-state index contributed by atoms with van der Waals surface area (Å²) in [7, 11) is 0. The molecule has 0 aliphatic heterocycles. The Hall–Kier alpha value is -1.89. The van der Waals surface area contributed by atoms with Crippen molar-refractivity contribution in [3.05, 3.63) is 41.3 Å². The van der Waals surface area contributed by atoms with Gasteiger partial charge in [-0.2, -0.15) is 18.3 Å². The van der Waals surface area contributed by atoms with Gasteiger partial charge in [-0.15, -0.1) is 0 Å². The first-order valence-electron chi connectivity index (χ1n) is 6.71. The number of halogens is 3. The summed E-state index contributed by atoms with van der Waals surface area (Å²) in [5.74, 6) is 0.388. The highest BCUT2D eigenvalue weighted by atomic mass is 19.4. The minimum Gasteiger partial charge on any atom is -0.313 e. The minimum absolute atomic E-state index is 0.388. The summed E-state index contributed by atoms with van der Waals surface area (Å²) in [5.41, 5.74) is 0.788. The van der Waals surface area contributed by atoms with Gasteiger partial charge in [-0.25, -0.2) is 9.67 Å². The van der Waals surface area contributed by atoms with Crippen LogP contribution in [-0.2, 0) is 12.7 Å². The second kappa shape index (κ2) is 6.26. The fourth-order valence-electron chi connectivity index (χ4n) is 1.95. The van der Waals surface area contributed by atoms with Crippen molar-refractivity contribution in [1.29, 1.82) is 0 Å². The van der Waals surface area contributed by atoms with Gasteiger partial charge in [0.15, 0.2) is 11.5 Å². The molecular formula is C14H17F3N4. The molecule has 0 bridgehead atoms. The van der Waals surface area contributed by atoms with Gasteiger partial charge in [-0.1, -0.05) is 6.92 Å². The Morgan fingerprint density at radius 1 is 1.29 bits per heavy atom. The van der Waals surface area contributed by atoms with Crippen LogP contribution in [0, 0.1) is 6.92 Å². The molecule has 0 spiro atoms. The largest absolute Gasteiger partial charge is 0.435 e. The smallest absolute Gasteiger partial charge is 0.313 e. The van der Waals surface area contributed by atoms with E-state index in [0.29, 0.717) is 12.4 Å². The van der Waals surface area contributed by atoms with Crippen LogP contribution >= 0.6 is 0 Å². The summed E-state index contributed by atoms with van der Waals surface area (Å²) in [5, 5.41) is 6.79. The second-order valence-corrected chi connectivity index (χ2v) is 4.80. The Bertz CT molecular complexity index is 605. The van der Waals surface area contributed by atoms with Crippen LogP contribution in [0.3, 0.4) is 0 Å². The first-order chi connectivity index (χ1) is 9.90. The topological polar surface area (TPSA) is 42.7 Å². The Morgan fingerprint density at radius 2 is 2.05 bits per heavy atom. The molecule has 0 unspecified atom stereocenters. The molecular weight excluding hydrogens is 281 g/mol. The van der Waals surface area contributed by atoms with Gasteiger partial charge in [-0.3, -0.25) is 0 Å². The zero-order valence-corrected chi connectivity index (χ0v) is 11.9. The van der Waals surface area contributed by atoms with Gasteiger partial charge in [0.1, 0.15) is 0 Å². The van der Waals surface area contributed by atoms with Crippen molar-refractivity contribution < 1.29 is 13.2 Å². The lowest BCUT2D eigenvalue weighted by molar-refractivity contribution is -0.141. The van der Waals surface area contributed by atoms with Gasteiger partial charge in [0, 0.05) is 18.4 Å². The number of alkyl halides is 3. The standard InChI is InChI=1S/C14H17F3N4/c1-3-5-18-9-11-7-10(2)19-13(8-11)21-6-4-12(20-21)14(15,16)17/h4,6-8,18H,3,5,9H2,1-2H3. The van der Waals surface area contributed by atoms with Crippen molar-refractivity contribution in [3.63, 3.8) is 0 Å². The lowest BCUT2D eigenvalue weighted by Gasteiger charge is -2.08. The minimum atomic E-state index is -4.44. The molecule has 21 heavy (non-hydrogen) atoms. The van der Waals surface area contributed by atoms with E-state index in [2.05, 4.69) is 22.3 Å². The van der Waals surface area contributed by atoms with Gasteiger partial charge in [0.2, 0.25) is 0 Å². The molecule has 114 valence electrons. The molecule has 0 fully saturated rings. The predicted octanol–water partition coefficient (Wildman–Crippen LogP) is 3.09. The van der Waals surface area contributed by atoms with E-state index in [-0.39, 0.29) is 0 Å². The number of hydrogen-bond acceptors (Lipinski definition) is 3. The average Bonchev–Trinajstić information content (AvgIpc) is 2.88. The molecule has 0 amide bonds. The predicted molar refractivity (Wildman–Crippen MR) is 73.1 cm³/mol. The van der Waals surface area contributed by atoms with E-state index in [4.69, 9.17) is 0 Å². The zero-order chi connectivity index (χ0) is 15.5. The molecule has 1 N–H and O–H groups in total. The third-order valence-corrected chi connectivity index (χ3v) is 2.87.